The van der Waals surface area contributed by atoms with Crippen LogP contribution in [0.3, 0.4) is 0 Å². The average molecular weight is 380 g/mol. The summed E-state index contributed by atoms with van der Waals surface area (Å²) in [5.41, 5.74) is 0.649. The van der Waals surface area contributed by atoms with Gasteiger partial charge in [-0.15, -0.1) is 0 Å². The summed E-state index contributed by atoms with van der Waals surface area (Å²) >= 11 is 11.7. The van der Waals surface area contributed by atoms with Gasteiger partial charge in [-0.2, -0.15) is 0 Å². The minimum atomic E-state index is -0.623. The normalized spacial score (nSPS) is 14.0. The molecule has 1 aliphatic rings. The van der Waals surface area contributed by atoms with Crippen LogP contribution in [0.15, 0.2) is 54.4 Å². The minimum absolute atomic E-state index is 0.171. The summed E-state index contributed by atoms with van der Waals surface area (Å²) in [7, 11) is 0. The fourth-order valence-corrected chi connectivity index (χ4v) is 2.86. The molecule has 0 aliphatic carbocycles. The number of carbonyl (C=O) groups is 2. The molecule has 0 bridgehead atoms. The molecule has 7 heteroatoms. The molecule has 0 fully saturated rings. The molecule has 128 valence electrons. The largest absolute Gasteiger partial charge is 0.485 e. The Morgan fingerprint density at radius 3 is 2.32 bits per heavy atom. The first-order chi connectivity index (χ1) is 12.0. The Balaban J connectivity index is 1.62. The number of amides is 2. The summed E-state index contributed by atoms with van der Waals surface area (Å²) < 4.78 is 19.2. The number of hydrogen-bond acceptors (Lipinski definition) is 3. The van der Waals surface area contributed by atoms with E-state index >= 15 is 0 Å². The van der Waals surface area contributed by atoms with E-state index in [4.69, 9.17) is 27.9 Å². The lowest BCUT2D eigenvalue weighted by Gasteiger charge is -2.11. The van der Waals surface area contributed by atoms with E-state index in [-0.39, 0.29) is 23.9 Å². The maximum atomic E-state index is 14.0. The lowest BCUT2D eigenvalue weighted by Crippen LogP contribution is -2.30. The van der Waals surface area contributed by atoms with Crippen LogP contribution >= 0.6 is 23.2 Å². The van der Waals surface area contributed by atoms with Crippen LogP contribution in [0.2, 0.25) is 10.0 Å². The van der Waals surface area contributed by atoms with Crippen LogP contribution in [0.5, 0.6) is 5.75 Å². The highest BCUT2D eigenvalue weighted by atomic mass is 35.5. The van der Waals surface area contributed by atoms with Crippen LogP contribution in [-0.2, 0) is 0 Å². The Labute approximate surface area is 153 Å². The first-order valence-electron chi connectivity index (χ1n) is 7.35. The molecular formula is C18H12Cl2FNO3. The Bertz CT molecular complexity index is 847. The van der Waals surface area contributed by atoms with E-state index in [1.54, 1.807) is 30.3 Å². The van der Waals surface area contributed by atoms with Gasteiger partial charge in [-0.3, -0.25) is 14.5 Å². The molecule has 0 N–H and O–H groups in total. The fourth-order valence-electron chi connectivity index (χ4n) is 2.39. The van der Waals surface area contributed by atoms with Crippen LogP contribution < -0.4 is 4.74 Å². The minimum Gasteiger partial charge on any atom is -0.485 e. The summed E-state index contributed by atoms with van der Waals surface area (Å²) in [6.07, 6.45) is 1.13. The molecule has 2 aromatic rings. The third-order valence-electron chi connectivity index (χ3n) is 3.63. The molecule has 0 unspecified atom stereocenters. The number of halogens is 3. The van der Waals surface area contributed by atoms with Crippen molar-refractivity contribution < 1.29 is 18.7 Å². The first kappa shape index (κ1) is 17.5. The van der Waals surface area contributed by atoms with Gasteiger partial charge in [-0.1, -0.05) is 35.3 Å². The van der Waals surface area contributed by atoms with Gasteiger partial charge in [0, 0.05) is 5.02 Å². The molecule has 4 nitrogen and oxygen atoms in total. The number of nitrogens with zero attached hydrogens (tertiary/aromatic N) is 1. The molecule has 1 aliphatic heterocycles. The van der Waals surface area contributed by atoms with Crippen molar-refractivity contribution >= 4 is 35.0 Å². The van der Waals surface area contributed by atoms with Gasteiger partial charge in [0.15, 0.2) is 0 Å². The smallest absolute Gasteiger partial charge is 0.261 e. The van der Waals surface area contributed by atoms with Crippen molar-refractivity contribution in [2.45, 2.75) is 0 Å². The summed E-state index contributed by atoms with van der Waals surface area (Å²) in [6, 6.07) is 11.1. The predicted molar refractivity (Wildman–Crippen MR) is 93.0 cm³/mol. The highest BCUT2D eigenvalue weighted by Crippen LogP contribution is 2.28. The van der Waals surface area contributed by atoms with Gasteiger partial charge < -0.3 is 4.74 Å². The monoisotopic (exact) mass is 379 g/mol. The highest BCUT2D eigenvalue weighted by Gasteiger charge is 2.34. The molecule has 25 heavy (non-hydrogen) atoms. The molecule has 1 heterocycles. The van der Waals surface area contributed by atoms with Crippen LogP contribution in [0.4, 0.5) is 4.39 Å². The Hall–Kier alpha value is -2.37. The van der Waals surface area contributed by atoms with Crippen molar-refractivity contribution in [2.75, 3.05) is 13.2 Å². The van der Waals surface area contributed by atoms with Crippen LogP contribution in [0.25, 0.3) is 0 Å². The Morgan fingerprint density at radius 2 is 1.72 bits per heavy atom. The van der Waals surface area contributed by atoms with Gasteiger partial charge in [-0.05, 0) is 36.4 Å². The Kier molecular flexibility index (Phi) is 5.06. The summed E-state index contributed by atoms with van der Waals surface area (Å²) in [6.45, 7) is -0.541. The number of ether oxygens (including phenoxy) is 1. The molecular weight excluding hydrogens is 368 g/mol. The van der Waals surface area contributed by atoms with E-state index < -0.39 is 17.6 Å². The second-order valence-electron chi connectivity index (χ2n) is 5.28. The highest BCUT2D eigenvalue weighted by molar-refractivity contribution is 6.35. The topological polar surface area (TPSA) is 46.6 Å². The standard InChI is InChI=1S/C18H12Cl2FNO3/c19-11-5-6-16(15(20)9-11)25-10-12(21)7-8-22-17(23)13-3-1-2-4-14(13)18(22)24/h1-7,9H,8,10H2/b12-7-. The molecule has 0 radical (unpaired) electrons. The fraction of sp³-hybridized carbons (Fsp3) is 0.111. The number of benzene rings is 2. The molecule has 3 rings (SSSR count). The molecule has 0 spiro atoms. The lowest BCUT2D eigenvalue weighted by atomic mass is 10.1. The van der Waals surface area contributed by atoms with Gasteiger partial charge >= 0.3 is 0 Å². The third kappa shape index (κ3) is 3.67. The molecule has 0 aromatic heterocycles. The van der Waals surface area contributed by atoms with Gasteiger partial charge in [0.05, 0.1) is 22.7 Å². The Morgan fingerprint density at radius 1 is 1.08 bits per heavy atom. The SMILES string of the molecule is O=C1c2ccccc2C(=O)N1C/C=C(\F)COc1ccc(Cl)cc1Cl. The second kappa shape index (κ2) is 7.25. The van der Waals surface area contributed by atoms with Gasteiger partial charge in [0.2, 0.25) is 0 Å². The van der Waals surface area contributed by atoms with E-state index in [2.05, 4.69) is 0 Å². The number of carbonyl (C=O) groups excluding carboxylic acids is 2. The summed E-state index contributed by atoms with van der Waals surface area (Å²) in [4.78, 5) is 25.3. The van der Waals surface area contributed by atoms with Gasteiger partial charge in [-0.25, -0.2) is 4.39 Å². The zero-order valence-corrected chi connectivity index (χ0v) is 14.4. The van der Waals surface area contributed by atoms with Crippen LogP contribution in [0.1, 0.15) is 20.7 Å². The van der Waals surface area contributed by atoms with Crippen molar-refractivity contribution in [1.29, 1.82) is 0 Å². The lowest BCUT2D eigenvalue weighted by molar-refractivity contribution is 0.0671. The van der Waals surface area contributed by atoms with Crippen molar-refractivity contribution in [3.63, 3.8) is 0 Å². The van der Waals surface area contributed by atoms with Gasteiger partial charge in [0.1, 0.15) is 18.2 Å². The van der Waals surface area contributed by atoms with Crippen molar-refractivity contribution in [2.24, 2.45) is 0 Å². The summed E-state index contributed by atoms with van der Waals surface area (Å²) in [5.74, 6) is -1.21. The maximum absolute atomic E-state index is 14.0. The molecule has 0 atom stereocenters. The van der Waals surface area contributed by atoms with E-state index in [1.807, 2.05) is 0 Å². The predicted octanol–water partition coefficient (Wildman–Crippen LogP) is 4.52. The number of hydrogen-bond donors (Lipinski definition) is 0. The molecule has 2 amide bonds. The number of imide groups is 1. The maximum Gasteiger partial charge on any atom is 0.261 e. The van der Waals surface area contributed by atoms with Crippen LogP contribution in [-0.4, -0.2) is 29.9 Å². The van der Waals surface area contributed by atoms with E-state index in [1.165, 1.54) is 12.1 Å². The number of fused-ring (bicyclic) bond motifs is 1. The third-order valence-corrected chi connectivity index (χ3v) is 4.16. The molecule has 2 aromatic carbocycles. The zero-order valence-electron chi connectivity index (χ0n) is 12.8. The van der Waals surface area contributed by atoms with E-state index in [9.17, 15) is 14.0 Å². The van der Waals surface area contributed by atoms with Crippen molar-refractivity contribution in [3.8, 4) is 5.75 Å². The average Bonchev–Trinajstić information content (AvgIpc) is 2.84. The quantitative estimate of drug-likeness (QED) is 0.717. The second-order valence-corrected chi connectivity index (χ2v) is 6.12. The molecule has 0 saturated carbocycles. The number of rotatable bonds is 5. The zero-order chi connectivity index (χ0) is 18.0. The van der Waals surface area contributed by atoms with E-state index in [0.29, 0.717) is 16.1 Å². The van der Waals surface area contributed by atoms with Crippen molar-refractivity contribution in [3.05, 3.63) is 75.5 Å². The van der Waals surface area contributed by atoms with E-state index in [0.717, 1.165) is 11.0 Å². The van der Waals surface area contributed by atoms with Gasteiger partial charge in [0.25, 0.3) is 11.8 Å². The van der Waals surface area contributed by atoms with Crippen LogP contribution in [0, 0.1) is 0 Å². The van der Waals surface area contributed by atoms with Crippen molar-refractivity contribution in [1.82, 2.24) is 4.90 Å². The first-order valence-corrected chi connectivity index (χ1v) is 8.10. The molecule has 0 saturated heterocycles. The summed E-state index contributed by atoms with van der Waals surface area (Å²) in [5, 5.41) is 0.708.